The van der Waals surface area contributed by atoms with Crippen molar-refractivity contribution in [3.05, 3.63) is 10.6 Å². The van der Waals surface area contributed by atoms with Gasteiger partial charge in [-0.2, -0.15) is 0 Å². The van der Waals surface area contributed by atoms with Gasteiger partial charge >= 0.3 is 0 Å². The normalized spacial score (nSPS) is 18.9. The van der Waals surface area contributed by atoms with Crippen molar-refractivity contribution in [2.24, 2.45) is 5.92 Å². The molecule has 1 atom stereocenters. The molecule has 2 N–H and O–H groups in total. The third kappa shape index (κ3) is 5.28. The number of thiazole rings is 1. The van der Waals surface area contributed by atoms with Crippen molar-refractivity contribution in [3.8, 4) is 0 Å². The molecule has 0 radical (unpaired) electrons. The molecule has 0 spiro atoms. The van der Waals surface area contributed by atoms with Gasteiger partial charge in [-0.15, -0.1) is 11.3 Å². The molecule has 1 fully saturated rings. The first-order valence-electron chi connectivity index (χ1n) is 8.11. The number of carbonyl (C=O) groups is 2. The minimum Gasteiger partial charge on any atom is -0.354 e. The van der Waals surface area contributed by atoms with Crippen LogP contribution in [-0.2, 0) is 9.59 Å². The Kier molecular flexibility index (Phi) is 6.12. The number of rotatable bonds is 5. The third-order valence-electron chi connectivity index (χ3n) is 3.95. The van der Waals surface area contributed by atoms with Crippen molar-refractivity contribution in [3.63, 3.8) is 0 Å². The second-order valence-electron chi connectivity index (χ2n) is 6.45. The van der Waals surface area contributed by atoms with Crippen LogP contribution in [0.1, 0.15) is 37.3 Å². The number of nitrogens with zero attached hydrogens (tertiary/aromatic N) is 2. The van der Waals surface area contributed by atoms with E-state index in [2.05, 4.69) is 20.5 Å². The lowest BCUT2D eigenvalue weighted by atomic mass is 9.97. The van der Waals surface area contributed by atoms with Crippen molar-refractivity contribution >= 4 is 28.3 Å². The second kappa shape index (κ2) is 7.88. The quantitative estimate of drug-likeness (QED) is 0.860. The lowest BCUT2D eigenvalue weighted by Crippen LogP contribution is -2.46. The van der Waals surface area contributed by atoms with E-state index in [1.807, 2.05) is 27.7 Å². The Balaban J connectivity index is 1.84. The molecule has 2 rings (SSSR count). The number of amides is 2. The predicted octanol–water partition coefficient (Wildman–Crippen LogP) is 1.94. The number of anilines is 1. The standard InChI is InChI=1S/C16H26N4O2S/c1-10(2)17-15(22)13-6-5-7-20(8-13)9-14(21)19-16-18-11(3)12(4)23-16/h10,13H,5-9H2,1-4H3,(H,17,22)(H,18,19,21). The number of hydrogen-bond donors (Lipinski definition) is 2. The zero-order valence-electron chi connectivity index (χ0n) is 14.3. The van der Waals surface area contributed by atoms with Gasteiger partial charge in [0, 0.05) is 17.5 Å². The molecule has 1 unspecified atom stereocenters. The van der Waals surface area contributed by atoms with Crippen molar-refractivity contribution < 1.29 is 9.59 Å². The average molecular weight is 338 g/mol. The molecule has 2 amide bonds. The topological polar surface area (TPSA) is 74.3 Å². The van der Waals surface area contributed by atoms with E-state index in [-0.39, 0.29) is 23.8 Å². The van der Waals surface area contributed by atoms with Gasteiger partial charge in [0.05, 0.1) is 18.2 Å². The molecule has 23 heavy (non-hydrogen) atoms. The van der Waals surface area contributed by atoms with Gasteiger partial charge in [0.2, 0.25) is 11.8 Å². The summed E-state index contributed by atoms with van der Waals surface area (Å²) < 4.78 is 0. The van der Waals surface area contributed by atoms with Gasteiger partial charge in [-0.1, -0.05) is 0 Å². The fourth-order valence-corrected chi connectivity index (χ4v) is 3.53. The van der Waals surface area contributed by atoms with E-state index in [0.717, 1.165) is 30.0 Å². The van der Waals surface area contributed by atoms with Crippen molar-refractivity contribution in [1.82, 2.24) is 15.2 Å². The smallest absolute Gasteiger partial charge is 0.240 e. The van der Waals surface area contributed by atoms with Crippen LogP contribution in [0.5, 0.6) is 0 Å². The van der Waals surface area contributed by atoms with E-state index in [1.165, 1.54) is 11.3 Å². The number of carbonyl (C=O) groups excluding carboxylic acids is 2. The minimum atomic E-state index is -0.0660. The maximum Gasteiger partial charge on any atom is 0.240 e. The first kappa shape index (κ1) is 17.9. The first-order valence-corrected chi connectivity index (χ1v) is 8.93. The zero-order valence-corrected chi connectivity index (χ0v) is 15.1. The molecular weight excluding hydrogens is 312 g/mol. The van der Waals surface area contributed by atoms with Crippen LogP contribution < -0.4 is 10.6 Å². The summed E-state index contributed by atoms with van der Waals surface area (Å²) in [5, 5.41) is 6.46. The van der Waals surface area contributed by atoms with Gasteiger partial charge < -0.3 is 10.6 Å². The highest BCUT2D eigenvalue weighted by Gasteiger charge is 2.27. The maximum absolute atomic E-state index is 12.2. The van der Waals surface area contributed by atoms with Crippen LogP contribution in [0.15, 0.2) is 0 Å². The molecule has 0 aromatic carbocycles. The SMILES string of the molecule is Cc1nc(NC(=O)CN2CCCC(C(=O)NC(C)C)C2)sc1C. The molecule has 7 heteroatoms. The summed E-state index contributed by atoms with van der Waals surface area (Å²) >= 11 is 1.49. The number of likely N-dealkylation sites (tertiary alicyclic amines) is 1. The van der Waals surface area contributed by atoms with E-state index in [4.69, 9.17) is 0 Å². The van der Waals surface area contributed by atoms with Crippen molar-refractivity contribution in [1.29, 1.82) is 0 Å². The Hall–Kier alpha value is -1.47. The van der Waals surface area contributed by atoms with E-state index >= 15 is 0 Å². The highest BCUT2D eigenvalue weighted by Crippen LogP contribution is 2.21. The van der Waals surface area contributed by atoms with Gasteiger partial charge in [0.1, 0.15) is 0 Å². The second-order valence-corrected chi connectivity index (χ2v) is 7.65. The molecule has 1 aliphatic heterocycles. The summed E-state index contributed by atoms with van der Waals surface area (Å²) in [7, 11) is 0. The summed E-state index contributed by atoms with van der Waals surface area (Å²) in [6.07, 6.45) is 1.83. The van der Waals surface area contributed by atoms with Gasteiger partial charge in [-0.3, -0.25) is 14.5 Å². The Morgan fingerprint density at radius 3 is 2.74 bits per heavy atom. The largest absolute Gasteiger partial charge is 0.354 e. The summed E-state index contributed by atoms with van der Waals surface area (Å²) in [6.45, 7) is 9.66. The van der Waals surface area contributed by atoms with Crippen LogP contribution in [-0.4, -0.2) is 47.4 Å². The van der Waals surface area contributed by atoms with Crippen LogP contribution >= 0.6 is 11.3 Å². The summed E-state index contributed by atoms with van der Waals surface area (Å²) in [5.41, 5.74) is 0.952. The Morgan fingerprint density at radius 1 is 1.39 bits per heavy atom. The lowest BCUT2D eigenvalue weighted by Gasteiger charge is -2.31. The Labute approximate surface area is 141 Å². The number of hydrogen-bond acceptors (Lipinski definition) is 5. The van der Waals surface area contributed by atoms with E-state index in [1.54, 1.807) is 0 Å². The van der Waals surface area contributed by atoms with Gasteiger partial charge in [0.15, 0.2) is 5.13 Å². The average Bonchev–Trinajstić information content (AvgIpc) is 2.76. The van der Waals surface area contributed by atoms with Crippen molar-refractivity contribution in [2.45, 2.75) is 46.6 Å². The fraction of sp³-hybridized carbons (Fsp3) is 0.688. The van der Waals surface area contributed by atoms with Gasteiger partial charge in [0.25, 0.3) is 0 Å². The van der Waals surface area contributed by atoms with Crippen LogP contribution in [0.3, 0.4) is 0 Å². The molecule has 2 heterocycles. The number of aryl methyl sites for hydroxylation is 2. The van der Waals surface area contributed by atoms with Crippen molar-refractivity contribution in [2.75, 3.05) is 25.0 Å². The molecule has 1 saturated heterocycles. The highest BCUT2D eigenvalue weighted by molar-refractivity contribution is 7.15. The Morgan fingerprint density at radius 2 is 2.13 bits per heavy atom. The summed E-state index contributed by atoms with van der Waals surface area (Å²) in [4.78, 5) is 31.8. The van der Waals surface area contributed by atoms with Gasteiger partial charge in [-0.05, 0) is 47.1 Å². The number of piperidine rings is 1. The summed E-state index contributed by atoms with van der Waals surface area (Å²) in [5.74, 6) is 0.00301. The number of aromatic nitrogens is 1. The Bertz CT molecular complexity index is 551. The molecule has 0 bridgehead atoms. The molecule has 128 valence electrons. The minimum absolute atomic E-state index is 0.0247. The van der Waals surface area contributed by atoms with E-state index in [9.17, 15) is 9.59 Å². The fourth-order valence-electron chi connectivity index (χ4n) is 2.70. The molecule has 0 aliphatic carbocycles. The van der Waals surface area contributed by atoms with Crippen LogP contribution in [0.2, 0.25) is 0 Å². The number of nitrogens with one attached hydrogen (secondary N) is 2. The summed E-state index contributed by atoms with van der Waals surface area (Å²) in [6, 6.07) is 0.151. The van der Waals surface area contributed by atoms with Crippen LogP contribution in [0.4, 0.5) is 5.13 Å². The van der Waals surface area contributed by atoms with E-state index in [0.29, 0.717) is 18.2 Å². The molecule has 1 aromatic rings. The van der Waals surface area contributed by atoms with Crippen LogP contribution in [0.25, 0.3) is 0 Å². The molecular formula is C16H26N4O2S. The van der Waals surface area contributed by atoms with Gasteiger partial charge in [-0.25, -0.2) is 4.98 Å². The zero-order chi connectivity index (χ0) is 17.0. The van der Waals surface area contributed by atoms with E-state index < -0.39 is 0 Å². The monoisotopic (exact) mass is 338 g/mol. The van der Waals surface area contributed by atoms with Crippen LogP contribution in [0, 0.1) is 19.8 Å². The molecule has 6 nitrogen and oxygen atoms in total. The molecule has 1 aromatic heterocycles. The third-order valence-corrected chi connectivity index (χ3v) is 4.94. The lowest BCUT2D eigenvalue weighted by molar-refractivity contribution is -0.128. The molecule has 1 aliphatic rings. The molecule has 0 saturated carbocycles. The highest BCUT2D eigenvalue weighted by atomic mass is 32.1. The maximum atomic E-state index is 12.2. The predicted molar refractivity (Wildman–Crippen MR) is 92.7 cm³/mol. The first-order chi connectivity index (χ1) is 10.8.